The summed E-state index contributed by atoms with van der Waals surface area (Å²) in [5.74, 6) is -0.744. The van der Waals surface area contributed by atoms with E-state index in [1.54, 1.807) is 60.4 Å². The van der Waals surface area contributed by atoms with Gasteiger partial charge in [0.1, 0.15) is 5.75 Å². The maximum absolute atomic E-state index is 12.6. The zero-order valence-corrected chi connectivity index (χ0v) is 16.7. The van der Waals surface area contributed by atoms with Gasteiger partial charge in [0, 0.05) is 24.2 Å². The van der Waals surface area contributed by atoms with Crippen molar-refractivity contribution in [2.45, 2.75) is 32.8 Å². The summed E-state index contributed by atoms with van der Waals surface area (Å²) < 4.78 is 10.9. The van der Waals surface area contributed by atoms with Gasteiger partial charge in [0.25, 0.3) is 0 Å². The Labute approximate surface area is 170 Å². The summed E-state index contributed by atoms with van der Waals surface area (Å²) in [5.41, 5.74) is 1.21. The zero-order chi connectivity index (χ0) is 20.8. The van der Waals surface area contributed by atoms with Gasteiger partial charge < -0.3 is 14.4 Å². The fraction of sp³-hybridized carbons (Fsp3) is 0.348. The molecular weight excluding hydrogens is 370 g/mol. The molecule has 0 bridgehead atoms. The summed E-state index contributed by atoms with van der Waals surface area (Å²) in [7, 11) is 0. The van der Waals surface area contributed by atoms with Crippen molar-refractivity contribution in [1.29, 1.82) is 0 Å². The Balaban J connectivity index is 1.64. The lowest BCUT2D eigenvalue weighted by molar-refractivity contribution is -0.151. The molecule has 0 aliphatic carbocycles. The monoisotopic (exact) mass is 395 g/mol. The van der Waals surface area contributed by atoms with Crippen molar-refractivity contribution in [3.8, 4) is 5.75 Å². The van der Waals surface area contributed by atoms with Gasteiger partial charge in [-0.2, -0.15) is 0 Å². The molecule has 0 radical (unpaired) electrons. The summed E-state index contributed by atoms with van der Waals surface area (Å²) in [5, 5.41) is 0. The van der Waals surface area contributed by atoms with Gasteiger partial charge >= 0.3 is 5.97 Å². The number of carbonyl (C=O) groups is 3. The van der Waals surface area contributed by atoms with Crippen LogP contribution in [0, 0.1) is 5.92 Å². The van der Waals surface area contributed by atoms with Crippen LogP contribution in [0.1, 0.15) is 37.0 Å². The molecule has 2 aromatic rings. The summed E-state index contributed by atoms with van der Waals surface area (Å²) in [4.78, 5) is 39.2. The number of ketones is 1. The Hall–Kier alpha value is -3.15. The van der Waals surface area contributed by atoms with Crippen LogP contribution in [0.5, 0.6) is 5.75 Å². The highest BCUT2D eigenvalue weighted by molar-refractivity contribution is 6.02. The largest absolute Gasteiger partial charge is 0.494 e. The minimum atomic E-state index is -0.848. The van der Waals surface area contributed by atoms with Crippen LogP contribution in [0.4, 0.5) is 5.69 Å². The van der Waals surface area contributed by atoms with Crippen LogP contribution < -0.4 is 9.64 Å². The molecule has 1 fully saturated rings. The topological polar surface area (TPSA) is 72.9 Å². The molecule has 0 spiro atoms. The summed E-state index contributed by atoms with van der Waals surface area (Å²) in [6.45, 7) is 4.50. The lowest BCUT2D eigenvalue weighted by Gasteiger charge is -2.19. The van der Waals surface area contributed by atoms with E-state index in [1.165, 1.54) is 0 Å². The van der Waals surface area contributed by atoms with E-state index in [0.717, 1.165) is 5.75 Å². The van der Waals surface area contributed by atoms with Crippen LogP contribution in [0.3, 0.4) is 0 Å². The van der Waals surface area contributed by atoms with E-state index in [9.17, 15) is 14.4 Å². The van der Waals surface area contributed by atoms with Crippen molar-refractivity contribution >= 4 is 23.3 Å². The summed E-state index contributed by atoms with van der Waals surface area (Å²) >= 11 is 0. The van der Waals surface area contributed by atoms with Gasteiger partial charge in [-0.05, 0) is 37.6 Å². The first-order chi connectivity index (χ1) is 14.0. The van der Waals surface area contributed by atoms with Crippen LogP contribution >= 0.6 is 0 Å². The standard InChI is InChI=1S/C23H25NO5/c1-3-20(22(26)16-8-6-5-7-9-16)29-23(27)17-14-21(25)24(15-17)18-10-12-19(13-11-18)28-4-2/h5-13,17,20H,3-4,14-15H2,1-2H3/t17-,20+/m1/s1. The average Bonchev–Trinajstić information content (AvgIpc) is 3.14. The number of hydrogen-bond acceptors (Lipinski definition) is 5. The number of carbonyl (C=O) groups excluding carboxylic acids is 3. The Morgan fingerprint density at radius 3 is 2.38 bits per heavy atom. The van der Waals surface area contributed by atoms with E-state index >= 15 is 0 Å². The van der Waals surface area contributed by atoms with Gasteiger partial charge in [-0.15, -0.1) is 0 Å². The third-order valence-corrected chi connectivity index (χ3v) is 4.90. The second-order valence-corrected chi connectivity index (χ2v) is 6.90. The molecule has 6 heteroatoms. The number of nitrogens with zero attached hydrogens (tertiary/aromatic N) is 1. The Morgan fingerprint density at radius 2 is 1.76 bits per heavy atom. The van der Waals surface area contributed by atoms with E-state index in [1.807, 2.05) is 13.0 Å². The molecule has 0 unspecified atom stereocenters. The maximum atomic E-state index is 12.6. The predicted octanol–water partition coefficient (Wildman–Crippen LogP) is 3.64. The first-order valence-corrected chi connectivity index (χ1v) is 9.86. The van der Waals surface area contributed by atoms with Crippen molar-refractivity contribution < 1.29 is 23.9 Å². The molecule has 0 saturated carbocycles. The van der Waals surface area contributed by atoms with E-state index in [2.05, 4.69) is 0 Å². The SMILES string of the molecule is CCOc1ccc(N2C[C@H](C(=O)O[C@@H](CC)C(=O)c3ccccc3)CC2=O)cc1. The number of rotatable bonds is 8. The molecule has 152 valence electrons. The smallest absolute Gasteiger partial charge is 0.312 e. The molecule has 2 aromatic carbocycles. The third-order valence-electron chi connectivity index (χ3n) is 4.90. The minimum absolute atomic E-state index is 0.0714. The molecular formula is C23H25NO5. The molecule has 6 nitrogen and oxygen atoms in total. The van der Waals surface area contributed by atoms with Crippen LogP contribution in [-0.4, -0.2) is 36.9 Å². The Morgan fingerprint density at radius 1 is 1.07 bits per heavy atom. The second-order valence-electron chi connectivity index (χ2n) is 6.90. The highest BCUT2D eigenvalue weighted by Gasteiger charge is 2.37. The van der Waals surface area contributed by atoms with Crippen LogP contribution in [-0.2, 0) is 14.3 Å². The van der Waals surface area contributed by atoms with Gasteiger partial charge in [0.2, 0.25) is 11.7 Å². The van der Waals surface area contributed by atoms with Crippen LogP contribution in [0.2, 0.25) is 0 Å². The van der Waals surface area contributed by atoms with Crippen molar-refractivity contribution in [2.75, 3.05) is 18.1 Å². The molecule has 0 N–H and O–H groups in total. The molecule has 2 atom stereocenters. The summed E-state index contributed by atoms with van der Waals surface area (Å²) in [6.07, 6.45) is -0.399. The Kier molecular flexibility index (Phi) is 6.65. The first-order valence-electron chi connectivity index (χ1n) is 9.86. The molecule has 3 rings (SSSR count). The lowest BCUT2D eigenvalue weighted by atomic mass is 10.0. The van der Waals surface area contributed by atoms with Gasteiger partial charge in [-0.1, -0.05) is 37.3 Å². The molecule has 1 amide bonds. The predicted molar refractivity (Wildman–Crippen MR) is 109 cm³/mol. The fourth-order valence-corrected chi connectivity index (χ4v) is 3.35. The van der Waals surface area contributed by atoms with Gasteiger partial charge in [-0.3, -0.25) is 14.4 Å². The Bertz CT molecular complexity index is 863. The van der Waals surface area contributed by atoms with Crippen molar-refractivity contribution in [1.82, 2.24) is 0 Å². The number of benzene rings is 2. The van der Waals surface area contributed by atoms with E-state index < -0.39 is 18.0 Å². The highest BCUT2D eigenvalue weighted by atomic mass is 16.5. The fourth-order valence-electron chi connectivity index (χ4n) is 3.35. The third kappa shape index (κ3) is 4.83. The van der Waals surface area contributed by atoms with Gasteiger partial charge in [0.15, 0.2) is 6.10 Å². The normalized spacial score (nSPS) is 17.1. The molecule has 1 aliphatic heterocycles. The number of Topliss-reactive ketones (excluding diaryl/α,β-unsaturated/α-hetero) is 1. The van der Waals surface area contributed by atoms with E-state index in [0.29, 0.717) is 24.3 Å². The number of amides is 1. The van der Waals surface area contributed by atoms with Crippen molar-refractivity contribution in [2.24, 2.45) is 5.92 Å². The van der Waals surface area contributed by atoms with E-state index in [-0.39, 0.29) is 24.7 Å². The number of hydrogen-bond donors (Lipinski definition) is 0. The van der Waals surface area contributed by atoms with Crippen LogP contribution in [0.25, 0.3) is 0 Å². The molecule has 1 saturated heterocycles. The molecule has 29 heavy (non-hydrogen) atoms. The molecule has 1 aliphatic rings. The zero-order valence-electron chi connectivity index (χ0n) is 16.7. The number of anilines is 1. The first kappa shape index (κ1) is 20.6. The van der Waals surface area contributed by atoms with Gasteiger partial charge in [-0.25, -0.2) is 0 Å². The minimum Gasteiger partial charge on any atom is -0.494 e. The highest BCUT2D eigenvalue weighted by Crippen LogP contribution is 2.28. The van der Waals surface area contributed by atoms with Gasteiger partial charge in [0.05, 0.1) is 12.5 Å². The second kappa shape index (κ2) is 9.37. The number of ether oxygens (including phenoxy) is 2. The summed E-state index contributed by atoms with van der Waals surface area (Å²) in [6, 6.07) is 15.9. The molecule has 1 heterocycles. The number of esters is 1. The molecule has 0 aromatic heterocycles. The van der Waals surface area contributed by atoms with Crippen molar-refractivity contribution in [3.05, 3.63) is 60.2 Å². The maximum Gasteiger partial charge on any atom is 0.312 e. The van der Waals surface area contributed by atoms with Crippen LogP contribution in [0.15, 0.2) is 54.6 Å². The van der Waals surface area contributed by atoms with Crippen molar-refractivity contribution in [3.63, 3.8) is 0 Å². The average molecular weight is 395 g/mol. The van der Waals surface area contributed by atoms with E-state index in [4.69, 9.17) is 9.47 Å². The lowest BCUT2D eigenvalue weighted by Crippen LogP contribution is -2.31. The quantitative estimate of drug-likeness (QED) is 0.504.